The van der Waals surface area contributed by atoms with Gasteiger partial charge in [-0.1, -0.05) is 12.1 Å². The topological polar surface area (TPSA) is 41.6 Å². The van der Waals surface area contributed by atoms with Crippen LogP contribution < -0.4 is 10.1 Å². The number of nitrogens with zero attached hydrogens (tertiary/aromatic N) is 1. The molecule has 1 N–H and O–H groups in total. The van der Waals surface area contributed by atoms with Crippen molar-refractivity contribution in [1.82, 2.24) is 10.2 Å². The highest BCUT2D eigenvalue weighted by Crippen LogP contribution is 2.25. The van der Waals surface area contributed by atoms with E-state index in [0.29, 0.717) is 30.5 Å². The number of rotatable bonds is 5. The van der Waals surface area contributed by atoms with E-state index in [9.17, 15) is 4.79 Å². The van der Waals surface area contributed by atoms with E-state index in [4.69, 9.17) is 4.74 Å². The van der Waals surface area contributed by atoms with Crippen LogP contribution in [0.5, 0.6) is 5.75 Å². The Hall–Kier alpha value is -1.26. The molecule has 2 saturated heterocycles. The van der Waals surface area contributed by atoms with Gasteiger partial charge < -0.3 is 15.0 Å². The van der Waals surface area contributed by atoms with Gasteiger partial charge in [-0.15, -0.1) is 12.4 Å². The Morgan fingerprint density at radius 3 is 2.77 bits per heavy atom. The molecule has 144 valence electrons. The summed E-state index contributed by atoms with van der Waals surface area (Å²) in [7, 11) is 0. The number of hydrogen-bond acceptors (Lipinski definition) is 3. The van der Waals surface area contributed by atoms with E-state index < -0.39 is 0 Å². The number of aryl methyl sites for hydroxylation is 1. The van der Waals surface area contributed by atoms with Gasteiger partial charge in [-0.3, -0.25) is 4.79 Å². The summed E-state index contributed by atoms with van der Waals surface area (Å²) >= 11 is 0. The molecule has 2 atom stereocenters. The van der Waals surface area contributed by atoms with Crippen molar-refractivity contribution < 1.29 is 9.53 Å². The van der Waals surface area contributed by atoms with E-state index in [2.05, 4.69) is 28.4 Å². The molecule has 0 aromatic heterocycles. The van der Waals surface area contributed by atoms with E-state index >= 15 is 0 Å². The quantitative estimate of drug-likeness (QED) is 0.849. The second kappa shape index (κ2) is 9.09. The van der Waals surface area contributed by atoms with E-state index in [1.54, 1.807) is 0 Å². The van der Waals surface area contributed by atoms with Crippen molar-refractivity contribution in [3.8, 4) is 5.75 Å². The summed E-state index contributed by atoms with van der Waals surface area (Å²) < 4.78 is 6.09. The molecule has 1 aliphatic carbocycles. The number of likely N-dealkylation sites (tertiary alicyclic amines) is 1. The first-order valence-corrected chi connectivity index (χ1v) is 10.1. The van der Waals surface area contributed by atoms with Crippen LogP contribution in [0, 0.1) is 0 Å². The monoisotopic (exact) mass is 378 g/mol. The van der Waals surface area contributed by atoms with Crippen LogP contribution in [0.1, 0.15) is 56.9 Å². The van der Waals surface area contributed by atoms with Crippen LogP contribution in [0.15, 0.2) is 24.3 Å². The predicted molar refractivity (Wildman–Crippen MR) is 106 cm³/mol. The molecule has 26 heavy (non-hydrogen) atoms. The first kappa shape index (κ1) is 19.5. The van der Waals surface area contributed by atoms with E-state index in [0.717, 1.165) is 31.7 Å². The Bertz CT molecular complexity index is 603. The van der Waals surface area contributed by atoms with Crippen molar-refractivity contribution in [3.63, 3.8) is 0 Å². The largest absolute Gasteiger partial charge is 0.490 e. The van der Waals surface area contributed by atoms with Gasteiger partial charge in [0, 0.05) is 31.6 Å². The van der Waals surface area contributed by atoms with Gasteiger partial charge in [0.15, 0.2) is 0 Å². The van der Waals surface area contributed by atoms with Crippen LogP contribution in [-0.2, 0) is 11.2 Å². The molecule has 2 unspecified atom stereocenters. The fourth-order valence-electron chi connectivity index (χ4n) is 4.55. The molecule has 1 aromatic carbocycles. The molecule has 4 rings (SSSR count). The smallest absolute Gasteiger partial charge is 0.222 e. The van der Waals surface area contributed by atoms with Gasteiger partial charge >= 0.3 is 0 Å². The van der Waals surface area contributed by atoms with Crippen LogP contribution in [0.2, 0.25) is 0 Å². The number of amides is 1. The zero-order valence-electron chi connectivity index (χ0n) is 15.5. The molecule has 2 aliphatic heterocycles. The number of fused-ring (bicyclic) bond motifs is 2. The second-order valence-corrected chi connectivity index (χ2v) is 7.94. The highest BCUT2D eigenvalue weighted by molar-refractivity contribution is 5.85. The third kappa shape index (κ3) is 4.92. The number of benzene rings is 1. The highest BCUT2D eigenvalue weighted by Gasteiger charge is 2.30. The number of carbonyl (C=O) groups excluding carboxylic acids is 1. The van der Waals surface area contributed by atoms with Crippen LogP contribution in [0.4, 0.5) is 0 Å². The van der Waals surface area contributed by atoms with Gasteiger partial charge in [-0.25, -0.2) is 0 Å². The fraction of sp³-hybridized carbons (Fsp3) is 0.667. The van der Waals surface area contributed by atoms with Crippen LogP contribution in [-0.4, -0.2) is 42.1 Å². The van der Waals surface area contributed by atoms with E-state index in [1.807, 2.05) is 6.07 Å². The maximum absolute atomic E-state index is 12.6. The Morgan fingerprint density at radius 1 is 1.12 bits per heavy atom. The molecule has 0 radical (unpaired) electrons. The molecule has 5 heteroatoms. The number of halogens is 1. The maximum Gasteiger partial charge on any atom is 0.222 e. The summed E-state index contributed by atoms with van der Waals surface area (Å²) in [5.41, 5.74) is 1.21. The number of carbonyl (C=O) groups is 1. The predicted octanol–water partition coefficient (Wildman–Crippen LogP) is 3.72. The van der Waals surface area contributed by atoms with Crippen molar-refractivity contribution in [2.24, 2.45) is 0 Å². The molecule has 1 saturated carbocycles. The lowest BCUT2D eigenvalue weighted by atomic mass is 10.1. The normalized spacial score (nSPS) is 25.6. The molecule has 3 fully saturated rings. The summed E-state index contributed by atoms with van der Waals surface area (Å²) in [5.74, 6) is 1.27. The van der Waals surface area contributed by atoms with Gasteiger partial charge in [0.05, 0.1) is 6.10 Å². The zero-order chi connectivity index (χ0) is 17.1. The van der Waals surface area contributed by atoms with Crippen LogP contribution in [0.3, 0.4) is 0 Å². The Morgan fingerprint density at radius 2 is 1.92 bits per heavy atom. The van der Waals surface area contributed by atoms with Gasteiger partial charge in [-0.2, -0.15) is 0 Å². The zero-order valence-corrected chi connectivity index (χ0v) is 16.3. The van der Waals surface area contributed by atoms with Crippen molar-refractivity contribution in [2.45, 2.75) is 76.0 Å². The molecule has 3 aliphatic rings. The SMILES string of the molecule is Cl.O=C(CCc1cccc(OC2CCCC2)c1)N1CCC2CCC(C1)N2. The summed E-state index contributed by atoms with van der Waals surface area (Å²) in [4.78, 5) is 14.7. The average Bonchev–Trinajstić information content (AvgIpc) is 3.22. The van der Waals surface area contributed by atoms with Crippen LogP contribution in [0.25, 0.3) is 0 Å². The Balaban J connectivity index is 0.00000196. The highest BCUT2D eigenvalue weighted by atomic mass is 35.5. The fourth-order valence-corrected chi connectivity index (χ4v) is 4.55. The maximum atomic E-state index is 12.6. The summed E-state index contributed by atoms with van der Waals surface area (Å²) in [6.45, 7) is 1.80. The summed E-state index contributed by atoms with van der Waals surface area (Å²) in [6.07, 6.45) is 10.3. The van der Waals surface area contributed by atoms with Crippen molar-refractivity contribution in [2.75, 3.05) is 13.1 Å². The van der Waals surface area contributed by atoms with Crippen molar-refractivity contribution in [1.29, 1.82) is 0 Å². The molecule has 2 heterocycles. The van der Waals surface area contributed by atoms with E-state index in [1.165, 1.54) is 44.1 Å². The molecule has 0 spiro atoms. The van der Waals surface area contributed by atoms with Crippen LogP contribution >= 0.6 is 12.4 Å². The lowest BCUT2D eigenvalue weighted by molar-refractivity contribution is -0.131. The number of hydrogen-bond donors (Lipinski definition) is 1. The number of nitrogens with one attached hydrogen (secondary N) is 1. The third-order valence-corrected chi connectivity index (χ3v) is 6.01. The molecule has 4 nitrogen and oxygen atoms in total. The molecule has 1 amide bonds. The van der Waals surface area contributed by atoms with Gasteiger partial charge in [0.25, 0.3) is 0 Å². The lowest BCUT2D eigenvalue weighted by Crippen LogP contribution is -2.39. The third-order valence-electron chi connectivity index (χ3n) is 6.01. The Labute approximate surface area is 163 Å². The van der Waals surface area contributed by atoms with Crippen molar-refractivity contribution in [3.05, 3.63) is 29.8 Å². The summed E-state index contributed by atoms with van der Waals surface area (Å²) in [5, 5.41) is 3.64. The second-order valence-electron chi connectivity index (χ2n) is 7.94. The first-order chi connectivity index (χ1) is 12.3. The first-order valence-electron chi connectivity index (χ1n) is 10.1. The number of ether oxygens (including phenoxy) is 1. The van der Waals surface area contributed by atoms with E-state index in [-0.39, 0.29) is 12.4 Å². The molecular weight excluding hydrogens is 348 g/mol. The Kier molecular flexibility index (Phi) is 6.82. The average molecular weight is 379 g/mol. The minimum atomic E-state index is 0. The minimum Gasteiger partial charge on any atom is -0.490 e. The molecule has 2 bridgehead atoms. The molecular formula is C21H31ClN2O2. The minimum absolute atomic E-state index is 0. The lowest BCUT2D eigenvalue weighted by Gasteiger charge is -2.24. The molecule has 1 aromatic rings. The van der Waals surface area contributed by atoms with Gasteiger partial charge in [0.1, 0.15) is 5.75 Å². The standard InChI is InChI=1S/C21H30N2O2.ClH/c24-21(23-13-12-17-9-10-18(15-23)22-17)11-8-16-4-3-7-20(14-16)25-19-5-1-2-6-19;/h3-4,7,14,17-19,22H,1-2,5-6,8-13,15H2;1H. The summed E-state index contributed by atoms with van der Waals surface area (Å²) in [6, 6.07) is 9.48. The van der Waals surface area contributed by atoms with Gasteiger partial charge in [0.2, 0.25) is 5.91 Å². The van der Waals surface area contributed by atoms with Crippen molar-refractivity contribution >= 4 is 18.3 Å². The van der Waals surface area contributed by atoms with Gasteiger partial charge in [-0.05, 0) is 69.1 Å².